The van der Waals surface area contributed by atoms with Gasteiger partial charge in [-0.25, -0.2) is 4.79 Å². The van der Waals surface area contributed by atoms with Crippen LogP contribution in [0.5, 0.6) is 11.5 Å². The third kappa shape index (κ3) is 3.35. The lowest BCUT2D eigenvalue weighted by molar-refractivity contribution is 0.177. The van der Waals surface area contributed by atoms with E-state index in [4.69, 9.17) is 16.6 Å². The highest BCUT2D eigenvalue weighted by Gasteiger charge is 2.22. The van der Waals surface area contributed by atoms with Gasteiger partial charge in [0.2, 0.25) is 0 Å². The summed E-state index contributed by atoms with van der Waals surface area (Å²) in [5.41, 5.74) is 0.271. The van der Waals surface area contributed by atoms with Crippen molar-refractivity contribution in [1.29, 1.82) is 0 Å². The molecule has 6 nitrogen and oxygen atoms in total. The van der Waals surface area contributed by atoms with Gasteiger partial charge in [-0.2, -0.15) is 0 Å². The molecule has 0 unspecified atom stereocenters. The quantitative estimate of drug-likeness (QED) is 0.475. The van der Waals surface area contributed by atoms with Crippen molar-refractivity contribution in [2.24, 2.45) is 0 Å². The van der Waals surface area contributed by atoms with E-state index in [1.165, 1.54) is 12.1 Å². The number of thiocarbonyl (C=S) groups is 1. The van der Waals surface area contributed by atoms with Gasteiger partial charge in [-0.3, -0.25) is 4.90 Å². The third-order valence-corrected chi connectivity index (χ3v) is 5.51. The first-order valence-electron chi connectivity index (χ1n) is 7.52. The molecule has 1 aromatic heterocycles. The van der Waals surface area contributed by atoms with Crippen LogP contribution >= 0.6 is 24.0 Å². The van der Waals surface area contributed by atoms with E-state index in [0.717, 1.165) is 30.5 Å². The molecular weight excluding hydrogens is 348 g/mol. The summed E-state index contributed by atoms with van der Waals surface area (Å²) in [6.07, 6.45) is 1.97. The highest BCUT2D eigenvalue weighted by atomic mass is 32.2. The predicted octanol–water partition coefficient (Wildman–Crippen LogP) is 1.97. The average molecular weight is 366 g/mol. The van der Waals surface area contributed by atoms with E-state index < -0.39 is 5.63 Å². The number of thioether (sulfide) groups is 1. The van der Waals surface area contributed by atoms with Crippen molar-refractivity contribution >= 4 is 39.3 Å². The van der Waals surface area contributed by atoms with Crippen LogP contribution < -0.4 is 5.63 Å². The zero-order chi connectivity index (χ0) is 17.3. The Morgan fingerprint density at radius 2 is 2.00 bits per heavy atom. The number of phenolic OH excluding ortho intramolecular Hbond substituents is 2. The van der Waals surface area contributed by atoms with Crippen molar-refractivity contribution in [3.63, 3.8) is 0 Å². The fourth-order valence-corrected chi connectivity index (χ4v) is 3.47. The van der Waals surface area contributed by atoms with E-state index in [-0.39, 0.29) is 11.5 Å². The van der Waals surface area contributed by atoms with Crippen molar-refractivity contribution < 1.29 is 14.6 Å². The Morgan fingerprint density at radius 3 is 2.67 bits per heavy atom. The molecule has 0 aliphatic carbocycles. The Bertz CT molecular complexity index is 829. The first kappa shape index (κ1) is 17.1. The lowest BCUT2D eigenvalue weighted by Crippen LogP contribution is -2.47. The molecule has 0 atom stereocenters. The molecule has 1 fully saturated rings. The summed E-state index contributed by atoms with van der Waals surface area (Å²) in [7, 11) is 0. The van der Waals surface area contributed by atoms with Crippen LogP contribution in [0.1, 0.15) is 5.56 Å². The Labute approximate surface area is 148 Å². The second-order valence-electron chi connectivity index (χ2n) is 5.63. The topological polar surface area (TPSA) is 77.1 Å². The van der Waals surface area contributed by atoms with Crippen LogP contribution in [0.3, 0.4) is 0 Å². The molecule has 0 saturated carbocycles. The number of aromatic hydroxyl groups is 2. The summed E-state index contributed by atoms with van der Waals surface area (Å²) >= 11 is 6.87. The summed E-state index contributed by atoms with van der Waals surface area (Å²) in [6, 6.07) is 4.27. The Hall–Kier alpha value is -1.77. The van der Waals surface area contributed by atoms with Crippen LogP contribution in [0.4, 0.5) is 0 Å². The zero-order valence-electron chi connectivity index (χ0n) is 13.2. The number of hydrogen-bond acceptors (Lipinski definition) is 7. The molecule has 1 aromatic carbocycles. The van der Waals surface area contributed by atoms with E-state index in [2.05, 4.69) is 9.80 Å². The van der Waals surface area contributed by atoms with Crippen LogP contribution in [-0.2, 0) is 6.54 Å². The molecule has 0 amide bonds. The maximum Gasteiger partial charge on any atom is 0.336 e. The molecule has 0 spiro atoms. The summed E-state index contributed by atoms with van der Waals surface area (Å²) in [5.74, 6) is -0.451. The number of piperazine rings is 1. The first-order chi connectivity index (χ1) is 11.5. The van der Waals surface area contributed by atoms with Crippen molar-refractivity contribution in [2.45, 2.75) is 6.54 Å². The molecule has 0 radical (unpaired) electrons. The van der Waals surface area contributed by atoms with E-state index in [1.807, 2.05) is 6.26 Å². The van der Waals surface area contributed by atoms with Crippen molar-refractivity contribution in [2.75, 3.05) is 32.4 Å². The van der Waals surface area contributed by atoms with Gasteiger partial charge < -0.3 is 19.5 Å². The van der Waals surface area contributed by atoms with Gasteiger partial charge in [0.15, 0.2) is 11.5 Å². The normalized spacial score (nSPS) is 15.8. The van der Waals surface area contributed by atoms with Gasteiger partial charge in [0.05, 0.1) is 5.56 Å². The Balaban J connectivity index is 1.85. The van der Waals surface area contributed by atoms with Crippen LogP contribution in [0, 0.1) is 0 Å². The van der Waals surface area contributed by atoms with Gasteiger partial charge >= 0.3 is 5.63 Å². The van der Waals surface area contributed by atoms with Crippen molar-refractivity contribution in [3.05, 3.63) is 34.2 Å². The molecule has 1 saturated heterocycles. The monoisotopic (exact) mass is 366 g/mol. The van der Waals surface area contributed by atoms with Gasteiger partial charge in [-0.1, -0.05) is 12.2 Å². The maximum absolute atomic E-state index is 11.5. The second-order valence-corrected chi connectivity index (χ2v) is 7.07. The number of hydrogen-bond donors (Lipinski definition) is 2. The van der Waals surface area contributed by atoms with Gasteiger partial charge in [0, 0.05) is 44.2 Å². The number of nitrogens with zero attached hydrogens (tertiary/aromatic N) is 2. The van der Waals surface area contributed by atoms with Crippen LogP contribution in [0.2, 0.25) is 0 Å². The van der Waals surface area contributed by atoms with E-state index in [9.17, 15) is 15.0 Å². The lowest BCUT2D eigenvalue weighted by atomic mass is 10.1. The SMILES string of the molecule is CSC(=S)N1CCN(Cc2c(O)c(O)cc3ccc(=O)oc23)CC1. The minimum atomic E-state index is -0.482. The lowest BCUT2D eigenvalue weighted by Gasteiger charge is -2.35. The van der Waals surface area contributed by atoms with Crippen LogP contribution in [-0.4, -0.2) is 56.8 Å². The smallest absolute Gasteiger partial charge is 0.336 e. The number of rotatable bonds is 2. The zero-order valence-corrected chi connectivity index (χ0v) is 14.8. The number of benzene rings is 1. The molecule has 128 valence electrons. The fraction of sp³-hybridized carbons (Fsp3) is 0.375. The fourth-order valence-electron chi connectivity index (χ4n) is 2.84. The van der Waals surface area contributed by atoms with Gasteiger partial charge in [-0.15, -0.1) is 11.8 Å². The first-order valence-corrected chi connectivity index (χ1v) is 9.16. The summed E-state index contributed by atoms with van der Waals surface area (Å²) in [4.78, 5) is 15.8. The van der Waals surface area contributed by atoms with E-state index in [0.29, 0.717) is 23.1 Å². The predicted molar refractivity (Wildman–Crippen MR) is 98.8 cm³/mol. The second kappa shape index (κ2) is 7.00. The molecule has 3 rings (SSSR count). The van der Waals surface area contributed by atoms with Crippen LogP contribution in [0.25, 0.3) is 11.0 Å². The number of phenols is 2. The van der Waals surface area contributed by atoms with Gasteiger partial charge in [0.1, 0.15) is 9.90 Å². The highest BCUT2D eigenvalue weighted by molar-refractivity contribution is 8.22. The molecule has 2 N–H and O–H groups in total. The molecule has 2 aromatic rings. The van der Waals surface area contributed by atoms with Gasteiger partial charge in [-0.05, 0) is 18.4 Å². The summed E-state index contributed by atoms with van der Waals surface area (Å²) < 4.78 is 6.14. The van der Waals surface area contributed by atoms with Gasteiger partial charge in [0.25, 0.3) is 0 Å². The summed E-state index contributed by atoms with van der Waals surface area (Å²) in [5, 5.41) is 20.7. The largest absolute Gasteiger partial charge is 0.504 e. The molecule has 1 aliphatic heterocycles. The molecule has 0 bridgehead atoms. The molecule has 24 heavy (non-hydrogen) atoms. The molecular formula is C16H18N2O4S2. The van der Waals surface area contributed by atoms with E-state index in [1.54, 1.807) is 17.8 Å². The molecule has 2 heterocycles. The Kier molecular flexibility index (Phi) is 4.98. The maximum atomic E-state index is 11.5. The minimum Gasteiger partial charge on any atom is -0.504 e. The molecule has 1 aliphatic rings. The van der Waals surface area contributed by atoms with Crippen molar-refractivity contribution in [1.82, 2.24) is 9.80 Å². The number of fused-ring (bicyclic) bond motifs is 1. The minimum absolute atomic E-state index is 0.214. The Morgan fingerprint density at radius 1 is 1.29 bits per heavy atom. The average Bonchev–Trinajstić information content (AvgIpc) is 2.59. The summed E-state index contributed by atoms with van der Waals surface area (Å²) in [6.45, 7) is 3.55. The van der Waals surface area contributed by atoms with Crippen molar-refractivity contribution in [3.8, 4) is 11.5 Å². The third-order valence-electron chi connectivity index (χ3n) is 4.15. The molecule has 8 heteroatoms. The van der Waals surface area contributed by atoms with E-state index >= 15 is 0 Å². The van der Waals surface area contributed by atoms with Crippen LogP contribution in [0.15, 0.2) is 27.4 Å². The highest BCUT2D eigenvalue weighted by Crippen LogP contribution is 2.36. The standard InChI is InChI=1S/C16H18N2O4S2/c1-24-16(23)18-6-4-17(5-7-18)9-11-14(21)12(19)8-10-2-3-13(20)22-15(10)11/h2-3,8,19,21H,4-7,9H2,1H3.